The van der Waals surface area contributed by atoms with Crippen molar-refractivity contribution in [2.24, 2.45) is 5.92 Å². The smallest absolute Gasteiger partial charge is 0.140 e. The first-order valence-electron chi connectivity index (χ1n) is 6.69. The van der Waals surface area contributed by atoms with Gasteiger partial charge in [0.15, 0.2) is 0 Å². The van der Waals surface area contributed by atoms with Crippen molar-refractivity contribution in [1.29, 1.82) is 5.26 Å². The highest BCUT2D eigenvalue weighted by Gasteiger charge is 2.14. The lowest BCUT2D eigenvalue weighted by molar-refractivity contribution is 0.101. The van der Waals surface area contributed by atoms with E-state index in [4.69, 9.17) is 5.26 Å². The van der Waals surface area contributed by atoms with Crippen molar-refractivity contribution >= 4 is 0 Å². The van der Waals surface area contributed by atoms with E-state index >= 15 is 0 Å². The third kappa shape index (κ3) is 4.62. The Bertz CT molecular complexity index is 438. The first-order valence-corrected chi connectivity index (χ1v) is 6.69. The summed E-state index contributed by atoms with van der Waals surface area (Å²) in [7, 11) is 0. The standard InChI is InChI=1S/C15H21FN2O/c1-3-12(4-2)15(19)10-18-9-11-5-6-14(16)13(7-11)8-17/h5-7,12,15,18-19H,3-4,9-10H2,1-2H3. The van der Waals surface area contributed by atoms with E-state index in [1.165, 1.54) is 12.1 Å². The van der Waals surface area contributed by atoms with Gasteiger partial charge in [0.1, 0.15) is 11.9 Å². The van der Waals surface area contributed by atoms with Crippen molar-refractivity contribution in [3.63, 3.8) is 0 Å². The van der Waals surface area contributed by atoms with Gasteiger partial charge in [-0.1, -0.05) is 32.8 Å². The molecule has 104 valence electrons. The molecule has 3 nitrogen and oxygen atoms in total. The molecule has 0 fully saturated rings. The van der Waals surface area contributed by atoms with Crippen LogP contribution in [0.25, 0.3) is 0 Å². The monoisotopic (exact) mass is 264 g/mol. The van der Waals surface area contributed by atoms with Gasteiger partial charge in [0, 0.05) is 13.1 Å². The lowest BCUT2D eigenvalue weighted by atomic mass is 9.96. The Morgan fingerprint density at radius 2 is 2.05 bits per heavy atom. The van der Waals surface area contributed by atoms with Crippen molar-refractivity contribution in [3.8, 4) is 6.07 Å². The molecule has 0 aliphatic heterocycles. The van der Waals surface area contributed by atoms with Crippen molar-refractivity contribution in [2.75, 3.05) is 6.54 Å². The molecule has 0 bridgehead atoms. The van der Waals surface area contributed by atoms with Crippen LogP contribution in [-0.2, 0) is 6.54 Å². The summed E-state index contributed by atoms with van der Waals surface area (Å²) in [6, 6.07) is 6.30. The maximum atomic E-state index is 13.1. The van der Waals surface area contributed by atoms with E-state index in [2.05, 4.69) is 19.2 Å². The largest absolute Gasteiger partial charge is 0.392 e. The number of hydrogen-bond acceptors (Lipinski definition) is 3. The molecular weight excluding hydrogens is 243 g/mol. The van der Waals surface area contributed by atoms with Gasteiger partial charge in [-0.25, -0.2) is 4.39 Å². The van der Waals surface area contributed by atoms with Crippen LogP contribution in [0.1, 0.15) is 37.8 Å². The lowest BCUT2D eigenvalue weighted by Crippen LogP contribution is -2.32. The van der Waals surface area contributed by atoms with Crippen molar-refractivity contribution in [2.45, 2.75) is 39.3 Å². The molecular formula is C15H21FN2O. The molecule has 1 aromatic carbocycles. The minimum atomic E-state index is -0.497. The third-order valence-corrected chi connectivity index (χ3v) is 3.43. The molecule has 1 unspecified atom stereocenters. The molecule has 1 rings (SSSR count). The molecule has 0 aliphatic rings. The summed E-state index contributed by atoms with van der Waals surface area (Å²) in [6.07, 6.45) is 1.54. The number of nitrogens with one attached hydrogen (secondary N) is 1. The summed E-state index contributed by atoms with van der Waals surface area (Å²) < 4.78 is 13.1. The Hall–Kier alpha value is -1.44. The van der Waals surface area contributed by atoms with Gasteiger partial charge in [0.25, 0.3) is 0 Å². The molecule has 0 spiro atoms. The third-order valence-electron chi connectivity index (χ3n) is 3.43. The highest BCUT2D eigenvalue weighted by molar-refractivity contribution is 5.34. The summed E-state index contributed by atoms with van der Waals surface area (Å²) in [5.74, 6) is -0.196. The fourth-order valence-electron chi connectivity index (χ4n) is 2.13. The Morgan fingerprint density at radius 3 is 2.63 bits per heavy atom. The van der Waals surface area contributed by atoms with E-state index in [1.807, 2.05) is 6.07 Å². The van der Waals surface area contributed by atoms with E-state index in [0.717, 1.165) is 18.4 Å². The van der Waals surface area contributed by atoms with E-state index in [0.29, 0.717) is 19.0 Å². The van der Waals surface area contributed by atoms with E-state index < -0.39 is 5.82 Å². The Morgan fingerprint density at radius 1 is 1.37 bits per heavy atom. The number of nitriles is 1. The van der Waals surface area contributed by atoms with Gasteiger partial charge in [0.05, 0.1) is 11.7 Å². The number of aliphatic hydroxyl groups excluding tert-OH is 1. The molecule has 0 heterocycles. The first-order chi connectivity index (χ1) is 9.12. The van der Waals surface area contributed by atoms with Gasteiger partial charge >= 0.3 is 0 Å². The maximum Gasteiger partial charge on any atom is 0.140 e. The van der Waals surface area contributed by atoms with E-state index in [9.17, 15) is 9.50 Å². The molecule has 4 heteroatoms. The molecule has 0 amide bonds. The number of aliphatic hydroxyl groups is 1. The molecule has 0 radical (unpaired) electrons. The summed E-state index contributed by atoms with van der Waals surface area (Å²) in [5.41, 5.74) is 0.898. The van der Waals surface area contributed by atoms with Crippen LogP contribution >= 0.6 is 0 Å². The van der Waals surface area contributed by atoms with Crippen LogP contribution < -0.4 is 5.32 Å². The summed E-state index contributed by atoms with van der Waals surface area (Å²) >= 11 is 0. The van der Waals surface area contributed by atoms with Crippen LogP contribution in [0.15, 0.2) is 18.2 Å². The van der Waals surface area contributed by atoms with Crippen LogP contribution in [0, 0.1) is 23.1 Å². The fourth-order valence-corrected chi connectivity index (χ4v) is 2.13. The quantitative estimate of drug-likeness (QED) is 0.796. The first kappa shape index (κ1) is 15.6. The molecule has 19 heavy (non-hydrogen) atoms. The van der Waals surface area contributed by atoms with Gasteiger partial charge < -0.3 is 10.4 Å². The Kier molecular flexibility index (Phi) is 6.48. The zero-order valence-electron chi connectivity index (χ0n) is 11.5. The average molecular weight is 264 g/mol. The number of benzene rings is 1. The maximum absolute atomic E-state index is 13.1. The zero-order chi connectivity index (χ0) is 14.3. The Labute approximate surface area is 114 Å². The average Bonchev–Trinajstić information content (AvgIpc) is 2.42. The van der Waals surface area contributed by atoms with E-state index in [-0.39, 0.29) is 11.7 Å². The molecule has 0 aliphatic carbocycles. The second-order valence-corrected chi connectivity index (χ2v) is 4.70. The fraction of sp³-hybridized carbons (Fsp3) is 0.533. The molecule has 0 aromatic heterocycles. The van der Waals surface area contributed by atoms with Crippen molar-refractivity contribution in [3.05, 3.63) is 35.1 Å². The SMILES string of the molecule is CCC(CC)C(O)CNCc1ccc(F)c(C#N)c1. The normalized spacial score (nSPS) is 12.4. The number of rotatable bonds is 7. The Balaban J connectivity index is 2.47. The van der Waals surface area contributed by atoms with Gasteiger partial charge in [-0.15, -0.1) is 0 Å². The van der Waals surface area contributed by atoms with Crippen molar-refractivity contribution in [1.82, 2.24) is 5.32 Å². The second-order valence-electron chi connectivity index (χ2n) is 4.70. The topological polar surface area (TPSA) is 56.0 Å². The van der Waals surface area contributed by atoms with Crippen LogP contribution in [0.4, 0.5) is 4.39 Å². The van der Waals surface area contributed by atoms with Crippen LogP contribution in [0.3, 0.4) is 0 Å². The predicted octanol–water partition coefficient (Wildman–Crippen LogP) is 2.58. The predicted molar refractivity (Wildman–Crippen MR) is 72.9 cm³/mol. The zero-order valence-corrected chi connectivity index (χ0v) is 11.5. The molecule has 1 atom stereocenters. The molecule has 0 saturated heterocycles. The molecule has 0 saturated carbocycles. The second kappa shape index (κ2) is 7.88. The van der Waals surface area contributed by atoms with Gasteiger partial charge in [-0.2, -0.15) is 5.26 Å². The van der Waals surface area contributed by atoms with Crippen LogP contribution in [0.2, 0.25) is 0 Å². The van der Waals surface area contributed by atoms with Gasteiger partial charge in [0.2, 0.25) is 0 Å². The van der Waals surface area contributed by atoms with Gasteiger partial charge in [-0.05, 0) is 23.6 Å². The minimum absolute atomic E-state index is 0.0554. The van der Waals surface area contributed by atoms with E-state index in [1.54, 1.807) is 6.07 Å². The lowest BCUT2D eigenvalue weighted by Gasteiger charge is -2.20. The van der Waals surface area contributed by atoms with Crippen LogP contribution in [0.5, 0.6) is 0 Å². The summed E-state index contributed by atoms with van der Waals surface area (Å²) in [5, 5.41) is 21.8. The van der Waals surface area contributed by atoms with Crippen molar-refractivity contribution < 1.29 is 9.50 Å². The highest BCUT2D eigenvalue weighted by Crippen LogP contribution is 2.13. The summed E-state index contributed by atoms with van der Waals surface area (Å²) in [4.78, 5) is 0. The number of nitrogens with zero attached hydrogens (tertiary/aromatic N) is 1. The van der Waals surface area contributed by atoms with Gasteiger partial charge in [-0.3, -0.25) is 0 Å². The molecule has 2 N–H and O–H groups in total. The highest BCUT2D eigenvalue weighted by atomic mass is 19.1. The summed E-state index contributed by atoms with van der Waals surface area (Å²) in [6.45, 7) is 5.16. The van der Waals surface area contributed by atoms with Crippen LogP contribution in [-0.4, -0.2) is 17.8 Å². The number of halogens is 1. The number of hydrogen-bond donors (Lipinski definition) is 2. The molecule has 1 aromatic rings. The minimum Gasteiger partial charge on any atom is -0.392 e.